The lowest BCUT2D eigenvalue weighted by atomic mass is 10.0. The first-order valence-electron chi connectivity index (χ1n) is 13.9. The maximum absolute atomic E-state index is 13.4. The molecule has 4 rings (SSSR count). The number of aryl methyl sites for hydroxylation is 1. The largest absolute Gasteiger partial charge is 0.394 e. The van der Waals surface area contributed by atoms with Crippen LogP contribution in [0.5, 0.6) is 0 Å². The Balaban J connectivity index is 1.47. The summed E-state index contributed by atoms with van der Waals surface area (Å²) in [6, 6.07) is 7.53. The number of aromatic nitrogens is 3. The zero-order chi connectivity index (χ0) is 27.9. The van der Waals surface area contributed by atoms with Crippen LogP contribution in [0.15, 0.2) is 30.5 Å². The number of carbonyl (C=O) groups excluding carboxylic acids is 2. The van der Waals surface area contributed by atoms with Gasteiger partial charge in [-0.1, -0.05) is 12.1 Å². The van der Waals surface area contributed by atoms with E-state index in [1.54, 1.807) is 27.7 Å². The van der Waals surface area contributed by atoms with E-state index in [0.717, 1.165) is 37.6 Å². The second-order valence-corrected chi connectivity index (χ2v) is 11.0. The van der Waals surface area contributed by atoms with Crippen LogP contribution in [0.1, 0.15) is 42.7 Å². The van der Waals surface area contributed by atoms with Crippen molar-refractivity contribution in [2.75, 3.05) is 64.9 Å². The van der Waals surface area contributed by atoms with Crippen LogP contribution in [-0.2, 0) is 22.7 Å². The highest BCUT2D eigenvalue weighted by Crippen LogP contribution is 2.21. The van der Waals surface area contributed by atoms with E-state index in [4.69, 9.17) is 4.74 Å². The Hall–Kier alpha value is -3.02. The normalized spacial score (nSPS) is 22.5. The van der Waals surface area contributed by atoms with Crippen molar-refractivity contribution in [3.8, 4) is 0 Å². The van der Waals surface area contributed by atoms with Crippen molar-refractivity contribution in [1.29, 1.82) is 0 Å². The molecule has 1 fully saturated rings. The fraction of sp³-hybridized carbons (Fsp3) is 0.643. The minimum Gasteiger partial charge on any atom is -0.394 e. The first kappa shape index (κ1) is 29.0. The number of hydrogen-bond donors (Lipinski definition) is 1. The zero-order valence-corrected chi connectivity index (χ0v) is 23.7. The van der Waals surface area contributed by atoms with Crippen LogP contribution in [0.4, 0.5) is 5.69 Å². The summed E-state index contributed by atoms with van der Waals surface area (Å²) < 4.78 is 8.14. The number of aliphatic hydroxyl groups excluding tert-OH is 1. The number of hydrogen-bond acceptors (Lipinski definition) is 8. The number of piperazine rings is 1. The molecule has 0 spiro atoms. The molecule has 1 saturated heterocycles. The quantitative estimate of drug-likeness (QED) is 0.584. The first-order chi connectivity index (χ1) is 18.8. The van der Waals surface area contributed by atoms with E-state index in [1.165, 1.54) is 0 Å². The molecular formula is C28H43N7O4. The molecular weight excluding hydrogens is 498 g/mol. The molecule has 2 amide bonds. The number of aliphatic hydroxyl groups is 1. The SMILES string of the molecule is C[C@H](CO)N1C[C@H](C)[C@H](CN(C)C(=O)c2ccc(N3CCN(C)CC3)cc2)OCc2cnnn2CCCC1=O. The molecule has 3 heterocycles. The molecule has 11 heteroatoms. The van der Waals surface area contributed by atoms with Crippen molar-refractivity contribution in [2.45, 2.75) is 52.0 Å². The molecule has 0 saturated carbocycles. The fourth-order valence-electron chi connectivity index (χ4n) is 5.20. The molecule has 1 aromatic carbocycles. The summed E-state index contributed by atoms with van der Waals surface area (Å²) in [5.41, 5.74) is 2.60. The second-order valence-electron chi connectivity index (χ2n) is 11.0. The van der Waals surface area contributed by atoms with Crippen LogP contribution < -0.4 is 4.90 Å². The second kappa shape index (κ2) is 13.4. The third-order valence-electron chi connectivity index (χ3n) is 7.92. The van der Waals surface area contributed by atoms with E-state index in [-0.39, 0.29) is 36.5 Å². The van der Waals surface area contributed by atoms with E-state index in [1.807, 2.05) is 38.1 Å². The van der Waals surface area contributed by atoms with Gasteiger partial charge in [0, 0.05) is 76.5 Å². The van der Waals surface area contributed by atoms with Gasteiger partial charge >= 0.3 is 0 Å². The summed E-state index contributed by atoms with van der Waals surface area (Å²) in [5.74, 6) is -0.166. The molecule has 3 atom stereocenters. The highest BCUT2D eigenvalue weighted by Gasteiger charge is 2.29. The third-order valence-corrected chi connectivity index (χ3v) is 7.92. The van der Waals surface area contributed by atoms with Gasteiger partial charge in [0.1, 0.15) is 0 Å². The molecule has 0 unspecified atom stereocenters. The lowest BCUT2D eigenvalue weighted by molar-refractivity contribution is -0.136. The Morgan fingerprint density at radius 3 is 2.59 bits per heavy atom. The number of carbonyl (C=O) groups is 2. The number of ether oxygens (including phenoxy) is 1. The van der Waals surface area contributed by atoms with Gasteiger partial charge < -0.3 is 29.4 Å². The van der Waals surface area contributed by atoms with Crippen LogP contribution in [0.3, 0.4) is 0 Å². The Bertz CT molecular complexity index is 1080. The Kier molecular flexibility index (Phi) is 9.93. The molecule has 1 aromatic heterocycles. The summed E-state index contributed by atoms with van der Waals surface area (Å²) in [6.45, 7) is 9.44. The van der Waals surface area contributed by atoms with Gasteiger partial charge in [0.05, 0.1) is 37.3 Å². The monoisotopic (exact) mass is 541 g/mol. The first-order valence-corrected chi connectivity index (χ1v) is 13.9. The van der Waals surface area contributed by atoms with Crippen molar-refractivity contribution in [3.63, 3.8) is 0 Å². The lowest BCUT2D eigenvalue weighted by Gasteiger charge is -2.35. The molecule has 39 heavy (non-hydrogen) atoms. The van der Waals surface area contributed by atoms with Crippen LogP contribution in [-0.4, -0.2) is 119 Å². The average molecular weight is 542 g/mol. The minimum absolute atomic E-state index is 0.00531. The molecule has 2 aliphatic rings. The number of nitrogens with zero attached hydrogens (tertiary/aromatic N) is 7. The summed E-state index contributed by atoms with van der Waals surface area (Å²) in [4.78, 5) is 34.5. The standard InChI is InChI=1S/C28H43N7O4/c1-21-17-34(22(2)19-36)27(37)6-5-11-35-25(16-29-30-35)20-39-26(21)18-32(4)28(38)23-7-9-24(10-8-23)33-14-12-31(3)13-15-33/h7-10,16,21-22,26,36H,5-6,11-15,17-20H2,1-4H3/t21-,22+,26-/m0/s1. The average Bonchev–Trinajstić information content (AvgIpc) is 3.39. The van der Waals surface area contributed by atoms with E-state index in [0.29, 0.717) is 44.6 Å². The van der Waals surface area contributed by atoms with Gasteiger partial charge in [0.15, 0.2) is 0 Å². The van der Waals surface area contributed by atoms with Gasteiger partial charge in [-0.25, -0.2) is 4.68 Å². The van der Waals surface area contributed by atoms with Crippen LogP contribution in [0, 0.1) is 5.92 Å². The molecule has 2 aliphatic heterocycles. The topological polar surface area (TPSA) is 107 Å². The van der Waals surface area contributed by atoms with Crippen molar-refractivity contribution in [1.82, 2.24) is 29.7 Å². The minimum atomic E-state index is -0.340. The summed E-state index contributed by atoms with van der Waals surface area (Å²) >= 11 is 0. The molecule has 1 N–H and O–H groups in total. The summed E-state index contributed by atoms with van der Waals surface area (Å²) in [7, 11) is 3.92. The Morgan fingerprint density at radius 1 is 1.18 bits per heavy atom. The molecule has 0 aliphatic carbocycles. The van der Waals surface area contributed by atoms with Gasteiger partial charge in [-0.05, 0) is 44.7 Å². The molecule has 0 radical (unpaired) electrons. The number of rotatable bonds is 6. The van der Waals surface area contributed by atoms with Crippen molar-refractivity contribution in [2.24, 2.45) is 5.92 Å². The molecule has 214 valence electrons. The van der Waals surface area contributed by atoms with Gasteiger partial charge in [-0.3, -0.25) is 9.59 Å². The zero-order valence-electron chi connectivity index (χ0n) is 23.7. The van der Waals surface area contributed by atoms with Crippen LogP contribution in [0.2, 0.25) is 0 Å². The van der Waals surface area contributed by atoms with E-state index >= 15 is 0 Å². The number of benzene rings is 1. The van der Waals surface area contributed by atoms with Crippen LogP contribution in [0.25, 0.3) is 0 Å². The maximum atomic E-state index is 13.4. The number of fused-ring (bicyclic) bond motifs is 1. The van der Waals surface area contributed by atoms with Gasteiger partial charge in [0.25, 0.3) is 5.91 Å². The Labute approximate surface area is 231 Å². The van der Waals surface area contributed by atoms with Crippen LogP contribution >= 0.6 is 0 Å². The summed E-state index contributed by atoms with van der Waals surface area (Å²) in [5, 5.41) is 18.0. The van der Waals surface area contributed by atoms with Gasteiger partial charge in [0.2, 0.25) is 5.91 Å². The predicted molar refractivity (Wildman–Crippen MR) is 148 cm³/mol. The number of amides is 2. The fourth-order valence-corrected chi connectivity index (χ4v) is 5.20. The lowest BCUT2D eigenvalue weighted by Crippen LogP contribution is -2.48. The molecule has 2 aromatic rings. The van der Waals surface area contributed by atoms with Gasteiger partial charge in [-0.2, -0.15) is 0 Å². The maximum Gasteiger partial charge on any atom is 0.253 e. The number of anilines is 1. The van der Waals surface area contributed by atoms with Crippen molar-refractivity contribution < 1.29 is 19.4 Å². The van der Waals surface area contributed by atoms with E-state index in [2.05, 4.69) is 27.2 Å². The third kappa shape index (κ3) is 7.34. The number of likely N-dealkylation sites (N-methyl/N-ethyl adjacent to an activating group) is 2. The Morgan fingerprint density at radius 2 is 1.90 bits per heavy atom. The predicted octanol–water partition coefficient (Wildman–Crippen LogP) is 1.33. The van der Waals surface area contributed by atoms with E-state index in [9.17, 15) is 14.7 Å². The highest BCUT2D eigenvalue weighted by atomic mass is 16.5. The van der Waals surface area contributed by atoms with E-state index < -0.39 is 0 Å². The molecule has 0 bridgehead atoms. The smallest absolute Gasteiger partial charge is 0.253 e. The molecule has 11 nitrogen and oxygen atoms in total. The highest BCUT2D eigenvalue weighted by molar-refractivity contribution is 5.94. The van der Waals surface area contributed by atoms with Gasteiger partial charge in [-0.15, -0.1) is 5.10 Å². The van der Waals surface area contributed by atoms with Crippen molar-refractivity contribution >= 4 is 17.5 Å². The summed E-state index contributed by atoms with van der Waals surface area (Å²) in [6.07, 6.45) is 2.34. The van der Waals surface area contributed by atoms with Crippen molar-refractivity contribution in [3.05, 3.63) is 41.7 Å².